The number of carbonyl (C=O) groups is 10. The number of aromatic nitrogens is 2. The van der Waals surface area contributed by atoms with Gasteiger partial charge in [0, 0.05) is 65.8 Å². The van der Waals surface area contributed by atoms with Gasteiger partial charge in [-0.25, -0.2) is 0 Å². The van der Waals surface area contributed by atoms with E-state index in [-0.39, 0.29) is 50.4 Å². The fourth-order valence-electron chi connectivity index (χ4n) is 8.56. The molecule has 3 rings (SSSR count). The van der Waals surface area contributed by atoms with Crippen LogP contribution in [0, 0.1) is 0 Å². The molecule has 2 aromatic heterocycles. The summed E-state index contributed by atoms with van der Waals surface area (Å²) in [6, 6.07) is -3.15. The van der Waals surface area contributed by atoms with Gasteiger partial charge in [-0.15, -0.1) is 0 Å². The molecule has 41 nitrogen and oxygen atoms in total. The topological polar surface area (TPSA) is 662 Å². The number of aliphatic hydroxyl groups is 12. The average Bonchev–Trinajstić information content (AvgIpc) is 0.825. The molecular formula is C56H83N13O28. The lowest BCUT2D eigenvalue weighted by Gasteiger charge is -2.33. The fourth-order valence-corrected chi connectivity index (χ4v) is 8.56. The van der Waals surface area contributed by atoms with Crippen molar-refractivity contribution in [1.82, 2.24) is 67.2 Å². The van der Waals surface area contributed by atoms with Crippen LogP contribution in [-0.4, -0.2) is 314 Å². The van der Waals surface area contributed by atoms with Gasteiger partial charge in [-0.1, -0.05) is 0 Å². The third-order valence-corrected chi connectivity index (χ3v) is 15.0. The number of benzene rings is 1. The van der Waals surface area contributed by atoms with E-state index in [1.165, 1.54) is 38.6 Å². The molecule has 0 spiro atoms. The number of phenols is 2. The zero-order valence-electron chi connectivity index (χ0n) is 52.4. The lowest BCUT2D eigenvalue weighted by molar-refractivity contribution is -0.137. The number of hydrogen-bond donors (Lipinski definition) is 26. The molecule has 0 saturated heterocycles. The normalized spacial score (nSPS) is 12.7. The standard InChI is InChI=1S/C56H83N13O28/c1-67-10-5-32(42(87)51(67)96)45(90)58-8-13-69(14-9-59-46(91)33-6-11-68(2)52(97)43(33)88)12-7-57-44(89)30-3-4-31(41(86)40(30)85)47(92)61-34(48(93)62-36(50(95)66-56(27-79,28-80)29-81)17-39(84)64-54(21-73,22-74)23-75)15-37(82)60-35(49(94)65-55(24-76,25-77)26-78)16-38(83)63-53(18-70,19-71)20-72/h3-6,10-11,34-36,70-81,85-88H,7-9,12-29H2,1-2H3,(H,57,89)(H,58,90)(H,59,91)(H,60,82)(H,61,92)(H,62,93)(H,63,83)(H,64,84)(H,65,94)(H,66,95). The molecule has 0 aliphatic heterocycles. The maximum atomic E-state index is 14.5. The molecule has 540 valence electrons. The zero-order valence-corrected chi connectivity index (χ0v) is 52.4. The molecule has 26 N–H and O–H groups in total. The van der Waals surface area contributed by atoms with Crippen LogP contribution in [0.25, 0.3) is 0 Å². The summed E-state index contributed by atoms with van der Waals surface area (Å²) in [4.78, 5) is 163. The summed E-state index contributed by atoms with van der Waals surface area (Å²) >= 11 is 0. The second-order valence-electron chi connectivity index (χ2n) is 22.4. The quantitative estimate of drug-likeness (QED) is 0.0235. The number of rotatable bonds is 41. The summed E-state index contributed by atoms with van der Waals surface area (Å²) in [6.07, 6.45) is -1.47. The van der Waals surface area contributed by atoms with Gasteiger partial charge in [0.1, 0.15) is 40.3 Å². The fraction of sp³-hybridized carbons (Fsp3) is 0.536. The van der Waals surface area contributed by atoms with E-state index in [1.54, 1.807) is 4.90 Å². The van der Waals surface area contributed by atoms with Gasteiger partial charge in [0.2, 0.25) is 35.4 Å². The van der Waals surface area contributed by atoms with Crippen LogP contribution in [0.5, 0.6) is 23.0 Å². The maximum absolute atomic E-state index is 14.5. The number of aryl methyl sites for hydroxylation is 2. The Balaban J connectivity index is 2.07. The highest BCUT2D eigenvalue weighted by atomic mass is 16.3. The van der Waals surface area contributed by atoms with E-state index in [2.05, 4.69) is 16.0 Å². The number of aromatic hydroxyl groups is 4. The predicted molar refractivity (Wildman–Crippen MR) is 327 cm³/mol. The molecular weight excluding hydrogens is 1300 g/mol. The van der Waals surface area contributed by atoms with E-state index in [0.29, 0.717) is 6.07 Å². The molecule has 3 aromatic rings. The van der Waals surface area contributed by atoms with Crippen molar-refractivity contribution in [2.24, 2.45) is 14.1 Å². The summed E-state index contributed by atoms with van der Waals surface area (Å²) in [6.45, 7) is -14.7. The van der Waals surface area contributed by atoms with E-state index in [4.69, 9.17) is 0 Å². The first-order valence-corrected chi connectivity index (χ1v) is 29.2. The Morgan fingerprint density at radius 2 is 0.649 bits per heavy atom. The summed E-state index contributed by atoms with van der Waals surface area (Å²) < 4.78 is 2.05. The molecule has 0 aliphatic rings. The van der Waals surface area contributed by atoms with E-state index >= 15 is 0 Å². The van der Waals surface area contributed by atoms with Crippen LogP contribution in [0.4, 0.5) is 0 Å². The highest BCUT2D eigenvalue weighted by molar-refractivity contribution is 6.05. The van der Waals surface area contributed by atoms with Crippen LogP contribution >= 0.6 is 0 Å². The Hall–Kier alpha value is -9.50. The Labute approximate surface area is 549 Å². The minimum absolute atomic E-state index is 0.0608. The highest BCUT2D eigenvalue weighted by Gasteiger charge is 2.40. The van der Waals surface area contributed by atoms with Crippen LogP contribution in [0.2, 0.25) is 0 Å². The molecule has 0 bridgehead atoms. The minimum Gasteiger partial charge on any atom is -0.504 e. The molecule has 41 heteroatoms. The van der Waals surface area contributed by atoms with Gasteiger partial charge in [-0.05, 0) is 24.3 Å². The number of nitrogens with zero attached hydrogens (tertiary/aromatic N) is 3. The second kappa shape index (κ2) is 37.7. The van der Waals surface area contributed by atoms with Crippen molar-refractivity contribution in [3.8, 4) is 23.0 Å². The van der Waals surface area contributed by atoms with Crippen LogP contribution in [0.3, 0.4) is 0 Å². The Morgan fingerprint density at radius 3 is 0.979 bits per heavy atom. The molecule has 2 heterocycles. The average molecular weight is 1390 g/mol. The number of hydrogen-bond acceptors (Lipinski definition) is 29. The first kappa shape index (κ1) is 81.7. The van der Waals surface area contributed by atoms with Crippen molar-refractivity contribution in [1.29, 1.82) is 0 Å². The van der Waals surface area contributed by atoms with Gasteiger partial charge in [0.15, 0.2) is 23.0 Å². The monoisotopic (exact) mass is 1390 g/mol. The Kier molecular flexibility index (Phi) is 31.8. The molecule has 0 saturated carbocycles. The third kappa shape index (κ3) is 22.0. The smallest absolute Gasteiger partial charge is 0.293 e. The van der Waals surface area contributed by atoms with Gasteiger partial charge in [0.25, 0.3) is 34.7 Å². The summed E-state index contributed by atoms with van der Waals surface area (Å²) in [5, 5.41) is 183. The number of phenolic OH excluding ortho intramolecular Hbond substituents is 2. The minimum atomic E-state index is -2.46. The number of pyridine rings is 2. The van der Waals surface area contributed by atoms with Crippen molar-refractivity contribution in [3.05, 3.63) is 79.6 Å². The summed E-state index contributed by atoms with van der Waals surface area (Å²) in [5.74, 6) is -17.7. The van der Waals surface area contributed by atoms with Crippen LogP contribution in [-0.2, 0) is 42.9 Å². The van der Waals surface area contributed by atoms with Crippen molar-refractivity contribution >= 4 is 59.1 Å². The van der Waals surface area contributed by atoms with E-state index in [9.17, 15) is 139 Å². The van der Waals surface area contributed by atoms with Crippen LogP contribution < -0.4 is 64.3 Å². The second-order valence-corrected chi connectivity index (χ2v) is 22.4. The largest absolute Gasteiger partial charge is 0.504 e. The van der Waals surface area contributed by atoms with Gasteiger partial charge in [-0.3, -0.25) is 62.4 Å². The molecule has 1 aromatic carbocycles. The zero-order chi connectivity index (χ0) is 73.2. The van der Waals surface area contributed by atoms with E-state index < -0.39 is 243 Å². The van der Waals surface area contributed by atoms with Gasteiger partial charge in [0.05, 0.1) is 121 Å². The van der Waals surface area contributed by atoms with Gasteiger partial charge < -0.3 is 144 Å². The number of aliphatic hydroxyl groups excluding tert-OH is 12. The van der Waals surface area contributed by atoms with Crippen molar-refractivity contribution in [2.75, 3.05) is 119 Å². The SMILES string of the molecule is Cn1ccc(C(=O)NCCN(CCNC(=O)c2ccc(C(=O)NC(CC(=O)NC(CC(=O)NC(CO)(CO)CO)C(=O)NC(CO)(CO)CO)C(=O)NC(CC(=O)NC(CO)(CO)CO)C(=O)NC(CO)(CO)CO)c(O)c2O)CCNC(=O)c2ccn(C)c(=O)c2O)c(O)c1=O. The maximum Gasteiger partial charge on any atom is 0.293 e. The van der Waals surface area contributed by atoms with Crippen LogP contribution in [0.1, 0.15) is 60.7 Å². The lowest BCUT2D eigenvalue weighted by Crippen LogP contribution is -2.64. The Morgan fingerprint density at radius 1 is 0.371 bits per heavy atom. The van der Waals surface area contributed by atoms with Gasteiger partial charge >= 0.3 is 0 Å². The molecule has 0 aliphatic carbocycles. The van der Waals surface area contributed by atoms with E-state index in [0.717, 1.165) is 15.2 Å². The van der Waals surface area contributed by atoms with Gasteiger partial charge in [-0.2, -0.15) is 0 Å². The lowest BCUT2D eigenvalue weighted by atomic mass is 10.00. The Bertz CT molecular complexity index is 3270. The van der Waals surface area contributed by atoms with Crippen molar-refractivity contribution in [3.63, 3.8) is 0 Å². The van der Waals surface area contributed by atoms with Crippen molar-refractivity contribution in [2.45, 2.75) is 59.5 Å². The molecule has 97 heavy (non-hydrogen) atoms. The highest BCUT2D eigenvalue weighted by Crippen LogP contribution is 2.33. The summed E-state index contributed by atoms with van der Waals surface area (Å²) in [7, 11) is 2.67. The molecule has 3 atom stereocenters. The first-order valence-electron chi connectivity index (χ1n) is 29.2. The summed E-state index contributed by atoms with van der Waals surface area (Å²) in [5.41, 5.74) is -13.1. The molecule has 0 fully saturated rings. The number of nitrogens with one attached hydrogen (secondary N) is 10. The number of carbonyl (C=O) groups excluding carboxylic acids is 10. The predicted octanol–water partition coefficient (Wildman–Crippen LogP) is -13.6. The third-order valence-electron chi connectivity index (χ3n) is 15.0. The van der Waals surface area contributed by atoms with Crippen molar-refractivity contribution < 1.29 is 130 Å². The van der Waals surface area contributed by atoms with E-state index in [1.807, 2.05) is 37.2 Å². The first-order chi connectivity index (χ1) is 45.8. The molecule has 3 unspecified atom stereocenters. The number of amides is 10. The van der Waals surface area contributed by atoms with Crippen LogP contribution in [0.15, 0.2) is 46.2 Å². The molecule has 0 radical (unpaired) electrons. The molecule has 10 amide bonds.